The smallest absolute Gasteiger partial charge is 0.254 e. The predicted molar refractivity (Wildman–Crippen MR) is 94.8 cm³/mol. The summed E-state index contributed by atoms with van der Waals surface area (Å²) in [5.41, 5.74) is 4.01. The van der Waals surface area contributed by atoms with Gasteiger partial charge in [-0.25, -0.2) is 4.68 Å². The lowest BCUT2D eigenvalue weighted by atomic mass is 10.2. The molecule has 4 rings (SSSR count). The van der Waals surface area contributed by atoms with Crippen molar-refractivity contribution in [1.82, 2.24) is 24.3 Å². The fraction of sp³-hybridized carbons (Fsp3) is 0.167. The highest BCUT2D eigenvalue weighted by Crippen LogP contribution is 2.25. The zero-order valence-electron chi connectivity index (χ0n) is 13.9. The van der Waals surface area contributed by atoms with Gasteiger partial charge in [-0.3, -0.25) is 0 Å². The van der Waals surface area contributed by atoms with Gasteiger partial charge in [-0.05, 0) is 38.1 Å². The summed E-state index contributed by atoms with van der Waals surface area (Å²) in [5, 5.41) is 8.79. The van der Waals surface area contributed by atoms with Crippen molar-refractivity contribution >= 4 is 22.5 Å². The van der Waals surface area contributed by atoms with E-state index in [1.165, 1.54) is 5.56 Å². The largest absolute Gasteiger partial charge is 0.339 e. The molecule has 0 saturated carbocycles. The molecule has 0 saturated heterocycles. The summed E-state index contributed by atoms with van der Waals surface area (Å²) in [6.07, 6.45) is 3.85. The fourth-order valence-electron chi connectivity index (χ4n) is 2.62. The number of hydrogen-bond donors (Lipinski definition) is 1. The molecule has 0 amide bonds. The molecule has 120 valence electrons. The minimum absolute atomic E-state index is 0.548. The Balaban J connectivity index is 1.85. The van der Waals surface area contributed by atoms with Gasteiger partial charge in [0.1, 0.15) is 11.5 Å². The Morgan fingerprint density at radius 1 is 0.917 bits per heavy atom. The standard InChI is InChI=1S/C18H18N6/c1-12-4-6-14(7-5-12)19-16-15-9-10-23(3)17(15)21-18(20-16)24-11-8-13(2)22-24/h4-11H,1-3H3,(H,19,20,21). The van der Waals surface area contributed by atoms with Crippen LogP contribution >= 0.6 is 0 Å². The molecule has 1 N–H and O–H groups in total. The SMILES string of the molecule is Cc1ccc(Nc2nc(-n3ccc(C)n3)nc3c2ccn3C)cc1. The molecule has 3 aromatic heterocycles. The lowest BCUT2D eigenvalue weighted by Gasteiger charge is -2.10. The molecule has 0 atom stereocenters. The second kappa shape index (κ2) is 5.49. The van der Waals surface area contributed by atoms with Crippen molar-refractivity contribution in [2.24, 2.45) is 7.05 Å². The summed E-state index contributed by atoms with van der Waals surface area (Å²) in [6, 6.07) is 12.2. The maximum Gasteiger partial charge on any atom is 0.254 e. The van der Waals surface area contributed by atoms with Gasteiger partial charge in [0.2, 0.25) is 0 Å². The van der Waals surface area contributed by atoms with Crippen LogP contribution in [0.5, 0.6) is 0 Å². The van der Waals surface area contributed by atoms with Gasteiger partial charge < -0.3 is 9.88 Å². The van der Waals surface area contributed by atoms with Crippen molar-refractivity contribution in [3.05, 3.63) is 60.0 Å². The van der Waals surface area contributed by atoms with Crippen LogP contribution in [0.3, 0.4) is 0 Å². The zero-order chi connectivity index (χ0) is 16.7. The molecule has 0 aliphatic carbocycles. The third kappa shape index (κ3) is 2.52. The van der Waals surface area contributed by atoms with Crippen LogP contribution in [0, 0.1) is 13.8 Å². The average molecular weight is 318 g/mol. The summed E-state index contributed by atoms with van der Waals surface area (Å²) < 4.78 is 3.68. The van der Waals surface area contributed by atoms with Gasteiger partial charge >= 0.3 is 0 Å². The van der Waals surface area contributed by atoms with E-state index in [-0.39, 0.29) is 0 Å². The molecule has 0 fully saturated rings. The van der Waals surface area contributed by atoms with Crippen molar-refractivity contribution in [3.8, 4) is 5.95 Å². The Labute approximate surface area is 139 Å². The number of rotatable bonds is 3. The van der Waals surface area contributed by atoms with Gasteiger partial charge in [0.15, 0.2) is 0 Å². The molecule has 6 heteroatoms. The minimum atomic E-state index is 0.548. The van der Waals surface area contributed by atoms with E-state index < -0.39 is 0 Å². The normalized spacial score (nSPS) is 11.1. The Kier molecular flexibility index (Phi) is 3.30. The summed E-state index contributed by atoms with van der Waals surface area (Å²) in [7, 11) is 1.98. The van der Waals surface area contributed by atoms with E-state index in [1.54, 1.807) is 4.68 Å². The highest BCUT2D eigenvalue weighted by atomic mass is 15.4. The van der Waals surface area contributed by atoms with Crippen LogP contribution in [-0.2, 0) is 7.05 Å². The van der Waals surface area contributed by atoms with Gasteiger partial charge in [0, 0.05) is 25.1 Å². The molecule has 1 aromatic carbocycles. The van der Waals surface area contributed by atoms with Crippen LogP contribution in [0.4, 0.5) is 11.5 Å². The van der Waals surface area contributed by atoms with Crippen LogP contribution < -0.4 is 5.32 Å². The molecule has 0 radical (unpaired) electrons. The van der Waals surface area contributed by atoms with Crippen LogP contribution in [0.2, 0.25) is 0 Å². The second-order valence-electron chi connectivity index (χ2n) is 5.93. The fourth-order valence-corrected chi connectivity index (χ4v) is 2.62. The lowest BCUT2D eigenvalue weighted by molar-refractivity contribution is 0.798. The molecule has 24 heavy (non-hydrogen) atoms. The van der Waals surface area contributed by atoms with Gasteiger partial charge in [0.25, 0.3) is 5.95 Å². The minimum Gasteiger partial charge on any atom is -0.339 e. The average Bonchev–Trinajstić information content (AvgIpc) is 3.16. The number of hydrogen-bond acceptors (Lipinski definition) is 4. The van der Waals surface area contributed by atoms with Crippen molar-refractivity contribution in [2.75, 3.05) is 5.32 Å². The molecule has 0 unspecified atom stereocenters. The molecule has 4 aromatic rings. The number of benzene rings is 1. The van der Waals surface area contributed by atoms with Gasteiger partial charge in [0.05, 0.1) is 11.1 Å². The van der Waals surface area contributed by atoms with Crippen LogP contribution in [0.25, 0.3) is 17.0 Å². The third-order valence-corrected chi connectivity index (χ3v) is 3.95. The third-order valence-electron chi connectivity index (χ3n) is 3.95. The van der Waals surface area contributed by atoms with Crippen molar-refractivity contribution < 1.29 is 0 Å². The number of nitrogens with one attached hydrogen (secondary N) is 1. The number of anilines is 2. The first-order valence-electron chi connectivity index (χ1n) is 7.79. The Bertz CT molecular complexity index is 1010. The summed E-state index contributed by atoms with van der Waals surface area (Å²) in [4.78, 5) is 9.33. The Hall–Kier alpha value is -3.15. The van der Waals surface area contributed by atoms with Crippen LogP contribution in [0.15, 0.2) is 48.8 Å². The van der Waals surface area contributed by atoms with E-state index in [0.29, 0.717) is 5.95 Å². The summed E-state index contributed by atoms with van der Waals surface area (Å²) in [5.74, 6) is 1.32. The number of aryl methyl sites for hydroxylation is 3. The molecule has 3 heterocycles. The number of aromatic nitrogens is 5. The van der Waals surface area contributed by atoms with Crippen LogP contribution in [0.1, 0.15) is 11.3 Å². The maximum atomic E-state index is 4.68. The first-order valence-corrected chi connectivity index (χ1v) is 7.79. The zero-order valence-corrected chi connectivity index (χ0v) is 13.9. The highest BCUT2D eigenvalue weighted by molar-refractivity contribution is 5.90. The summed E-state index contributed by atoms with van der Waals surface area (Å²) in [6.45, 7) is 4.02. The van der Waals surface area contributed by atoms with E-state index in [9.17, 15) is 0 Å². The van der Waals surface area contributed by atoms with Crippen molar-refractivity contribution in [3.63, 3.8) is 0 Å². The molecule has 6 nitrogen and oxygen atoms in total. The van der Waals surface area contributed by atoms with E-state index in [0.717, 1.165) is 28.2 Å². The molecular weight excluding hydrogens is 300 g/mol. The second-order valence-corrected chi connectivity index (χ2v) is 5.93. The first-order chi connectivity index (χ1) is 11.6. The van der Waals surface area contributed by atoms with E-state index in [4.69, 9.17) is 0 Å². The highest BCUT2D eigenvalue weighted by Gasteiger charge is 2.12. The maximum absolute atomic E-state index is 4.68. The van der Waals surface area contributed by atoms with E-state index in [1.807, 2.05) is 55.2 Å². The molecule has 0 bridgehead atoms. The van der Waals surface area contributed by atoms with E-state index in [2.05, 4.69) is 39.4 Å². The molecule has 0 aliphatic rings. The van der Waals surface area contributed by atoms with Gasteiger partial charge in [-0.1, -0.05) is 17.7 Å². The van der Waals surface area contributed by atoms with Gasteiger partial charge in [-0.15, -0.1) is 0 Å². The molecule has 0 spiro atoms. The number of nitrogens with zero attached hydrogens (tertiary/aromatic N) is 5. The molecular formula is C18H18N6. The Morgan fingerprint density at radius 3 is 2.42 bits per heavy atom. The van der Waals surface area contributed by atoms with E-state index >= 15 is 0 Å². The summed E-state index contributed by atoms with van der Waals surface area (Å²) >= 11 is 0. The molecule has 0 aliphatic heterocycles. The monoisotopic (exact) mass is 318 g/mol. The predicted octanol–water partition coefficient (Wildman–Crippen LogP) is 3.51. The van der Waals surface area contributed by atoms with Crippen molar-refractivity contribution in [2.45, 2.75) is 13.8 Å². The van der Waals surface area contributed by atoms with Crippen LogP contribution in [-0.4, -0.2) is 24.3 Å². The lowest BCUT2D eigenvalue weighted by Crippen LogP contribution is -2.06. The quantitative estimate of drug-likeness (QED) is 0.628. The van der Waals surface area contributed by atoms with Gasteiger partial charge in [-0.2, -0.15) is 15.1 Å². The Morgan fingerprint density at radius 2 is 1.71 bits per heavy atom. The topological polar surface area (TPSA) is 60.6 Å². The van der Waals surface area contributed by atoms with Crippen molar-refractivity contribution in [1.29, 1.82) is 0 Å². The number of fused-ring (bicyclic) bond motifs is 1. The first kappa shape index (κ1) is 14.4.